The van der Waals surface area contributed by atoms with E-state index in [1.54, 1.807) is 6.92 Å². The molecular formula is C28H40N8O5. The van der Waals surface area contributed by atoms with Gasteiger partial charge in [0, 0.05) is 38.4 Å². The molecule has 1 heterocycles. The van der Waals surface area contributed by atoms with Crippen molar-refractivity contribution in [3.05, 3.63) is 53.4 Å². The molecule has 0 bridgehead atoms. The molecule has 13 nitrogen and oxygen atoms in total. The van der Waals surface area contributed by atoms with Gasteiger partial charge >= 0.3 is 6.09 Å². The molecule has 41 heavy (non-hydrogen) atoms. The van der Waals surface area contributed by atoms with E-state index >= 15 is 0 Å². The SMILES string of the molecule is CCc1nc(C(N)=O)c(Nc2cccc(CCNC(=O)C(C)N(C)C(=O)C=CCOC(=O)NC)c2)nc1NC(C)C. The van der Waals surface area contributed by atoms with E-state index in [0.717, 1.165) is 5.56 Å². The monoisotopic (exact) mass is 568 g/mol. The summed E-state index contributed by atoms with van der Waals surface area (Å²) >= 11 is 0. The van der Waals surface area contributed by atoms with E-state index in [1.165, 1.54) is 31.1 Å². The lowest BCUT2D eigenvalue weighted by Gasteiger charge is -2.23. The quantitative estimate of drug-likeness (QED) is 0.213. The number of likely N-dealkylation sites (N-methyl/N-ethyl adjacent to an activating group) is 1. The average molecular weight is 569 g/mol. The Bertz CT molecular complexity index is 1260. The molecule has 0 saturated heterocycles. The number of alkyl carbamates (subject to hydrolysis) is 1. The minimum atomic E-state index is -0.717. The van der Waals surface area contributed by atoms with Gasteiger partial charge in [-0.25, -0.2) is 14.8 Å². The molecular weight excluding hydrogens is 528 g/mol. The van der Waals surface area contributed by atoms with Crippen LogP contribution in [0.25, 0.3) is 0 Å². The summed E-state index contributed by atoms with van der Waals surface area (Å²) < 4.78 is 4.79. The number of ether oxygens (including phenoxy) is 1. The van der Waals surface area contributed by atoms with Crippen LogP contribution >= 0.6 is 0 Å². The van der Waals surface area contributed by atoms with Crippen LogP contribution in [0.1, 0.15) is 49.4 Å². The first-order valence-electron chi connectivity index (χ1n) is 13.4. The Labute approximate surface area is 240 Å². The first-order valence-corrected chi connectivity index (χ1v) is 13.4. The lowest BCUT2D eigenvalue weighted by atomic mass is 10.1. The molecule has 1 aromatic heterocycles. The standard InChI is InChI=1S/C28H40N8O5/c1-7-21-25(32-17(2)3)35-26(23(34-21)24(29)38)33-20-11-8-10-19(16-20)13-14-31-27(39)18(4)36(6)22(37)12-9-15-41-28(40)30-5/h8-12,16-18H,7,13-15H2,1-6H3,(H2,29,38)(H,30,40)(H,31,39)(H2,32,33,35). The van der Waals surface area contributed by atoms with Gasteiger partial charge in [0.1, 0.15) is 18.5 Å². The van der Waals surface area contributed by atoms with Crippen molar-refractivity contribution >= 4 is 41.1 Å². The van der Waals surface area contributed by atoms with Crippen molar-refractivity contribution < 1.29 is 23.9 Å². The molecule has 1 atom stereocenters. The number of primary amides is 1. The first-order chi connectivity index (χ1) is 19.5. The van der Waals surface area contributed by atoms with Crippen LogP contribution in [-0.2, 0) is 27.2 Å². The number of nitrogens with two attached hydrogens (primary N) is 1. The molecule has 1 unspecified atom stereocenters. The average Bonchev–Trinajstić information content (AvgIpc) is 2.94. The van der Waals surface area contributed by atoms with Gasteiger partial charge in [-0.05, 0) is 57.4 Å². The van der Waals surface area contributed by atoms with E-state index in [2.05, 4.69) is 31.2 Å². The number of aromatic nitrogens is 2. The summed E-state index contributed by atoms with van der Waals surface area (Å²) in [5, 5.41) is 11.5. The minimum Gasteiger partial charge on any atom is -0.445 e. The van der Waals surface area contributed by atoms with Crippen molar-refractivity contribution in [2.24, 2.45) is 5.73 Å². The van der Waals surface area contributed by atoms with Crippen molar-refractivity contribution in [3.63, 3.8) is 0 Å². The maximum absolute atomic E-state index is 12.6. The van der Waals surface area contributed by atoms with Crippen molar-refractivity contribution in [1.82, 2.24) is 25.5 Å². The van der Waals surface area contributed by atoms with Crippen LogP contribution < -0.4 is 27.0 Å². The van der Waals surface area contributed by atoms with E-state index in [9.17, 15) is 19.2 Å². The van der Waals surface area contributed by atoms with E-state index in [-0.39, 0.29) is 30.1 Å². The van der Waals surface area contributed by atoms with Gasteiger partial charge < -0.3 is 36.6 Å². The second-order valence-electron chi connectivity index (χ2n) is 9.48. The Kier molecular flexibility index (Phi) is 12.5. The molecule has 0 spiro atoms. The molecule has 13 heteroatoms. The van der Waals surface area contributed by atoms with Crippen LogP contribution in [0.2, 0.25) is 0 Å². The third kappa shape index (κ3) is 10.1. The van der Waals surface area contributed by atoms with Crippen molar-refractivity contribution in [2.75, 3.05) is 37.9 Å². The number of nitrogens with one attached hydrogen (secondary N) is 4. The maximum Gasteiger partial charge on any atom is 0.407 e. The predicted molar refractivity (Wildman–Crippen MR) is 157 cm³/mol. The molecule has 2 rings (SSSR count). The molecule has 0 radical (unpaired) electrons. The van der Waals surface area contributed by atoms with Gasteiger partial charge in [-0.3, -0.25) is 14.4 Å². The van der Waals surface area contributed by atoms with Crippen molar-refractivity contribution in [3.8, 4) is 0 Å². The summed E-state index contributed by atoms with van der Waals surface area (Å²) in [6, 6.07) is 6.87. The topological polar surface area (TPSA) is 181 Å². The van der Waals surface area contributed by atoms with Crippen LogP contribution in [0, 0.1) is 0 Å². The summed E-state index contributed by atoms with van der Waals surface area (Å²) in [6.45, 7) is 7.79. The third-order valence-electron chi connectivity index (χ3n) is 5.95. The molecule has 4 amide bonds. The highest BCUT2D eigenvalue weighted by molar-refractivity contribution is 5.96. The summed E-state index contributed by atoms with van der Waals surface area (Å²) in [4.78, 5) is 58.4. The number of carbonyl (C=O) groups excluding carboxylic acids is 4. The molecule has 0 fully saturated rings. The second kappa shape index (κ2) is 15.8. The highest BCUT2D eigenvalue weighted by Crippen LogP contribution is 2.23. The van der Waals surface area contributed by atoms with Gasteiger partial charge in [0.2, 0.25) is 11.8 Å². The molecule has 1 aromatic carbocycles. The zero-order valence-corrected chi connectivity index (χ0v) is 24.4. The summed E-state index contributed by atoms with van der Waals surface area (Å²) in [5.41, 5.74) is 7.89. The first kappa shape index (κ1) is 32.5. The second-order valence-corrected chi connectivity index (χ2v) is 9.48. The Morgan fingerprint density at radius 1 is 1.12 bits per heavy atom. The molecule has 2 aromatic rings. The summed E-state index contributed by atoms with van der Waals surface area (Å²) in [5.74, 6) is -0.565. The van der Waals surface area contributed by atoms with Gasteiger partial charge in [0.05, 0.1) is 5.69 Å². The van der Waals surface area contributed by atoms with Crippen molar-refractivity contribution in [2.45, 2.75) is 52.6 Å². The summed E-state index contributed by atoms with van der Waals surface area (Å²) in [6.07, 6.45) is 3.14. The zero-order valence-electron chi connectivity index (χ0n) is 24.4. The highest BCUT2D eigenvalue weighted by Gasteiger charge is 2.21. The van der Waals surface area contributed by atoms with E-state index in [1.807, 2.05) is 45.0 Å². The minimum absolute atomic E-state index is 0.0512. The lowest BCUT2D eigenvalue weighted by molar-refractivity contribution is -0.135. The Balaban J connectivity index is 2.00. The number of hydrogen-bond donors (Lipinski definition) is 5. The number of rotatable bonds is 14. The smallest absolute Gasteiger partial charge is 0.407 e. The van der Waals surface area contributed by atoms with E-state index in [4.69, 9.17) is 10.5 Å². The van der Waals surface area contributed by atoms with E-state index in [0.29, 0.717) is 36.6 Å². The van der Waals surface area contributed by atoms with Crippen LogP contribution in [0.3, 0.4) is 0 Å². The maximum atomic E-state index is 12.6. The van der Waals surface area contributed by atoms with Gasteiger partial charge in [-0.2, -0.15) is 0 Å². The number of aryl methyl sites for hydroxylation is 1. The van der Waals surface area contributed by atoms with Crippen LogP contribution in [0.5, 0.6) is 0 Å². The molecule has 0 aliphatic carbocycles. The zero-order chi connectivity index (χ0) is 30.5. The molecule has 0 aliphatic heterocycles. The van der Waals surface area contributed by atoms with Gasteiger partial charge in [-0.1, -0.05) is 19.1 Å². The van der Waals surface area contributed by atoms with Gasteiger partial charge in [0.25, 0.3) is 5.91 Å². The number of hydrogen-bond acceptors (Lipinski definition) is 9. The third-order valence-corrected chi connectivity index (χ3v) is 5.95. The Morgan fingerprint density at radius 2 is 1.85 bits per heavy atom. The Morgan fingerprint density at radius 3 is 2.49 bits per heavy atom. The van der Waals surface area contributed by atoms with Crippen LogP contribution in [0.4, 0.5) is 22.1 Å². The largest absolute Gasteiger partial charge is 0.445 e. The van der Waals surface area contributed by atoms with Gasteiger partial charge in [-0.15, -0.1) is 0 Å². The van der Waals surface area contributed by atoms with Crippen LogP contribution in [-0.4, -0.2) is 78.0 Å². The number of carbonyl (C=O) groups is 4. The molecule has 0 aliphatic rings. The predicted octanol–water partition coefficient (Wildman–Crippen LogP) is 2.12. The highest BCUT2D eigenvalue weighted by atomic mass is 16.5. The fraction of sp³-hybridized carbons (Fsp3) is 0.429. The normalized spacial score (nSPS) is 11.6. The van der Waals surface area contributed by atoms with Crippen molar-refractivity contribution in [1.29, 1.82) is 0 Å². The van der Waals surface area contributed by atoms with Crippen LogP contribution in [0.15, 0.2) is 36.4 Å². The molecule has 222 valence electrons. The van der Waals surface area contributed by atoms with Gasteiger partial charge in [0.15, 0.2) is 11.5 Å². The number of nitrogens with zero attached hydrogens (tertiary/aromatic N) is 3. The number of amides is 4. The fourth-order valence-electron chi connectivity index (χ4n) is 3.61. The number of benzene rings is 1. The summed E-state index contributed by atoms with van der Waals surface area (Å²) in [7, 11) is 2.95. The molecule has 6 N–H and O–H groups in total. The number of anilines is 3. The van der Waals surface area contributed by atoms with E-state index < -0.39 is 23.9 Å². The fourth-order valence-corrected chi connectivity index (χ4v) is 3.61. The lowest BCUT2D eigenvalue weighted by Crippen LogP contribution is -2.45. The molecule has 0 saturated carbocycles. The Hall–Kier alpha value is -4.68.